The lowest BCUT2D eigenvalue weighted by atomic mass is 9.67. The van der Waals surface area contributed by atoms with Crippen LogP contribution in [0.5, 0.6) is 0 Å². The summed E-state index contributed by atoms with van der Waals surface area (Å²) >= 11 is 0. The molecule has 0 bridgehead atoms. The fourth-order valence-electron chi connectivity index (χ4n) is 9.25. The van der Waals surface area contributed by atoms with Gasteiger partial charge in [0.25, 0.3) is 0 Å². The average Bonchev–Trinajstić information content (AvgIpc) is 3.92. The third kappa shape index (κ3) is 4.30. The molecular formula is C46H34N2O4. The maximum atomic E-state index is 13.4. The zero-order valence-electron chi connectivity index (χ0n) is 28.2. The molecule has 0 radical (unpaired) electrons. The molecule has 2 aliphatic carbocycles. The van der Waals surface area contributed by atoms with Crippen LogP contribution in [-0.2, 0) is 20.4 Å². The van der Waals surface area contributed by atoms with Crippen LogP contribution in [0.15, 0.2) is 158 Å². The van der Waals surface area contributed by atoms with Crippen molar-refractivity contribution in [3.05, 3.63) is 191 Å². The van der Waals surface area contributed by atoms with E-state index < -0.39 is 22.7 Å². The van der Waals surface area contributed by atoms with Gasteiger partial charge in [-0.2, -0.15) is 0 Å². The molecule has 2 heterocycles. The predicted octanol–water partition coefficient (Wildman–Crippen LogP) is 7.16. The highest BCUT2D eigenvalue weighted by molar-refractivity contribution is 6.12. The van der Waals surface area contributed by atoms with E-state index >= 15 is 0 Å². The minimum atomic E-state index is -0.944. The van der Waals surface area contributed by atoms with Crippen LogP contribution >= 0.6 is 0 Å². The lowest BCUT2D eigenvalue weighted by molar-refractivity contribution is -0.123. The van der Waals surface area contributed by atoms with E-state index in [0.29, 0.717) is 24.2 Å². The van der Waals surface area contributed by atoms with Crippen LogP contribution in [0.25, 0.3) is 22.3 Å². The Balaban J connectivity index is 0.000000138. The summed E-state index contributed by atoms with van der Waals surface area (Å²) in [4.78, 5) is 53.2. The number of amides is 2. The van der Waals surface area contributed by atoms with Gasteiger partial charge in [0.2, 0.25) is 11.8 Å². The second kappa shape index (κ2) is 12.1. The van der Waals surface area contributed by atoms with Crippen molar-refractivity contribution in [3.8, 4) is 22.3 Å². The second-order valence-corrected chi connectivity index (χ2v) is 13.8. The summed E-state index contributed by atoms with van der Waals surface area (Å²) in [5.74, 6) is -1.05. The maximum absolute atomic E-state index is 13.4. The summed E-state index contributed by atoms with van der Waals surface area (Å²) in [6.45, 7) is 0.713. The first-order valence-corrected chi connectivity index (χ1v) is 17.6. The Hall–Kier alpha value is -6.40. The molecule has 6 aromatic carbocycles. The first-order valence-electron chi connectivity index (χ1n) is 17.6. The Morgan fingerprint density at radius 3 is 0.981 bits per heavy atom. The number of carbonyl (C=O) groups is 4. The fraction of sp³-hybridized carbons (Fsp3) is 0.130. The molecule has 2 saturated heterocycles. The van der Waals surface area contributed by atoms with E-state index in [2.05, 4.69) is 10.6 Å². The molecule has 6 heteroatoms. The van der Waals surface area contributed by atoms with Crippen LogP contribution < -0.4 is 10.6 Å². The molecule has 4 aliphatic rings. The van der Waals surface area contributed by atoms with Crippen molar-refractivity contribution < 1.29 is 19.2 Å². The minimum Gasteiger partial charge on any atom is -0.354 e. The highest BCUT2D eigenvalue weighted by atomic mass is 16.2. The van der Waals surface area contributed by atoms with E-state index in [1.165, 1.54) is 0 Å². The van der Waals surface area contributed by atoms with Crippen LogP contribution in [0.2, 0.25) is 0 Å². The molecule has 2 N–H and O–H groups in total. The Morgan fingerprint density at radius 1 is 0.404 bits per heavy atom. The molecule has 2 atom stereocenters. The SMILES string of the molecule is O=C(c1ccccc1)[C@@H]1CNC(=O)C12c1ccccc1-c1ccccc12.O=C(c1ccccc1)[C@H]1CNC(=O)C12c1ccccc1-c1ccccc12. The van der Waals surface area contributed by atoms with E-state index in [1.54, 1.807) is 0 Å². The van der Waals surface area contributed by atoms with E-state index in [4.69, 9.17) is 0 Å². The number of hydrogen-bond acceptors (Lipinski definition) is 4. The molecular weight excluding hydrogens is 645 g/mol. The Morgan fingerprint density at radius 2 is 0.673 bits per heavy atom. The zero-order valence-corrected chi connectivity index (χ0v) is 28.2. The Bertz CT molecular complexity index is 2160. The first kappa shape index (κ1) is 31.6. The van der Waals surface area contributed by atoms with Gasteiger partial charge in [-0.3, -0.25) is 19.2 Å². The Kier molecular flexibility index (Phi) is 7.37. The fourth-order valence-corrected chi connectivity index (χ4v) is 9.25. The lowest BCUT2D eigenvalue weighted by Gasteiger charge is -2.29. The highest BCUT2D eigenvalue weighted by Crippen LogP contribution is 2.56. The normalized spacial score (nSPS) is 19.1. The summed E-state index contributed by atoms with van der Waals surface area (Å²) in [6, 6.07) is 50.4. The summed E-state index contributed by atoms with van der Waals surface area (Å²) in [5.41, 5.74) is 7.34. The molecule has 0 aromatic heterocycles. The van der Waals surface area contributed by atoms with E-state index in [1.807, 2.05) is 158 Å². The molecule has 0 saturated carbocycles. The highest BCUT2D eigenvalue weighted by Gasteiger charge is 2.61. The van der Waals surface area contributed by atoms with Gasteiger partial charge in [0.1, 0.15) is 10.8 Å². The molecule has 52 heavy (non-hydrogen) atoms. The van der Waals surface area contributed by atoms with Gasteiger partial charge in [-0.25, -0.2) is 0 Å². The number of carbonyl (C=O) groups excluding carboxylic acids is 4. The topological polar surface area (TPSA) is 92.3 Å². The predicted molar refractivity (Wildman–Crippen MR) is 200 cm³/mol. The largest absolute Gasteiger partial charge is 0.354 e. The summed E-state index contributed by atoms with van der Waals surface area (Å²) in [6.07, 6.45) is 0. The van der Waals surface area contributed by atoms with Crippen LogP contribution in [0.4, 0.5) is 0 Å². The number of benzene rings is 6. The van der Waals surface area contributed by atoms with Gasteiger partial charge in [0, 0.05) is 24.2 Å². The van der Waals surface area contributed by atoms with Crippen molar-refractivity contribution in [2.75, 3.05) is 13.1 Å². The lowest BCUT2D eigenvalue weighted by Crippen LogP contribution is -2.42. The van der Waals surface area contributed by atoms with Crippen molar-refractivity contribution >= 4 is 23.4 Å². The first-order chi connectivity index (χ1) is 25.5. The number of fused-ring (bicyclic) bond motifs is 10. The van der Waals surface area contributed by atoms with Gasteiger partial charge in [0.05, 0.1) is 11.8 Å². The van der Waals surface area contributed by atoms with Gasteiger partial charge in [-0.1, -0.05) is 158 Å². The third-order valence-electron chi connectivity index (χ3n) is 11.4. The van der Waals surface area contributed by atoms with Gasteiger partial charge in [0.15, 0.2) is 11.6 Å². The van der Waals surface area contributed by atoms with Crippen molar-refractivity contribution in [1.29, 1.82) is 0 Å². The summed E-state index contributed by atoms with van der Waals surface area (Å²) < 4.78 is 0. The Labute approximate surface area is 301 Å². The van der Waals surface area contributed by atoms with E-state index in [0.717, 1.165) is 44.5 Å². The van der Waals surface area contributed by atoms with Crippen molar-refractivity contribution in [2.24, 2.45) is 11.8 Å². The minimum absolute atomic E-state index is 0.00968. The number of Topliss-reactive ketones (excluding diaryl/α,β-unsaturated/α-hetero) is 2. The van der Waals surface area contributed by atoms with Gasteiger partial charge in [-0.05, 0) is 44.5 Å². The standard InChI is InChI=1S/2C23H17NO2/c2*25-21(15-8-2-1-3-9-15)20-14-24-22(26)23(20)18-12-6-4-10-16(18)17-11-5-7-13-19(17)23/h2*1-13,20H,14H2,(H,24,26)/t2*20-/m10/s1. The molecule has 2 fully saturated rings. The monoisotopic (exact) mass is 678 g/mol. The molecule has 6 nitrogen and oxygen atoms in total. The summed E-state index contributed by atoms with van der Waals surface area (Å²) in [5, 5.41) is 5.95. The molecule has 10 rings (SSSR count). The van der Waals surface area contributed by atoms with Crippen LogP contribution in [0.1, 0.15) is 43.0 Å². The van der Waals surface area contributed by atoms with Crippen molar-refractivity contribution in [1.82, 2.24) is 10.6 Å². The van der Waals surface area contributed by atoms with Crippen LogP contribution in [-0.4, -0.2) is 36.5 Å². The number of rotatable bonds is 4. The van der Waals surface area contributed by atoms with Crippen molar-refractivity contribution in [2.45, 2.75) is 10.8 Å². The van der Waals surface area contributed by atoms with Gasteiger partial charge >= 0.3 is 0 Å². The van der Waals surface area contributed by atoms with E-state index in [-0.39, 0.29) is 23.4 Å². The quantitative estimate of drug-likeness (QED) is 0.194. The second-order valence-electron chi connectivity index (χ2n) is 13.8. The number of ketones is 2. The molecule has 0 unspecified atom stereocenters. The maximum Gasteiger partial charge on any atom is 0.236 e. The molecule has 2 spiro atoms. The summed E-state index contributed by atoms with van der Waals surface area (Å²) in [7, 11) is 0. The smallest absolute Gasteiger partial charge is 0.236 e. The van der Waals surface area contributed by atoms with Gasteiger partial charge in [-0.15, -0.1) is 0 Å². The molecule has 252 valence electrons. The number of nitrogens with one attached hydrogen (secondary N) is 2. The third-order valence-corrected chi connectivity index (χ3v) is 11.4. The van der Waals surface area contributed by atoms with Crippen LogP contribution in [0.3, 0.4) is 0 Å². The number of hydrogen-bond donors (Lipinski definition) is 2. The van der Waals surface area contributed by atoms with E-state index in [9.17, 15) is 19.2 Å². The van der Waals surface area contributed by atoms with Crippen molar-refractivity contribution in [3.63, 3.8) is 0 Å². The van der Waals surface area contributed by atoms with Crippen LogP contribution in [0, 0.1) is 11.8 Å². The zero-order chi connectivity index (χ0) is 35.5. The molecule has 2 amide bonds. The van der Waals surface area contributed by atoms with Gasteiger partial charge < -0.3 is 10.6 Å². The molecule has 6 aromatic rings. The average molecular weight is 679 g/mol. The molecule has 2 aliphatic heterocycles.